The van der Waals surface area contributed by atoms with Crippen LogP contribution in [0.25, 0.3) is 0 Å². The van der Waals surface area contributed by atoms with E-state index in [1.165, 1.54) is 4.90 Å². The summed E-state index contributed by atoms with van der Waals surface area (Å²) in [7, 11) is 0. The Morgan fingerprint density at radius 1 is 1.22 bits per heavy atom. The zero-order valence-corrected chi connectivity index (χ0v) is 22.5. The highest BCUT2D eigenvalue weighted by molar-refractivity contribution is 5.95. The number of likely N-dealkylation sites (tertiary alicyclic amines) is 1. The summed E-state index contributed by atoms with van der Waals surface area (Å²) in [5.41, 5.74) is 10.0. The van der Waals surface area contributed by atoms with E-state index in [0.717, 1.165) is 6.42 Å². The Morgan fingerprint density at radius 2 is 1.86 bits per heavy atom. The van der Waals surface area contributed by atoms with E-state index in [2.05, 4.69) is 10.6 Å². The molecule has 2 saturated heterocycles. The van der Waals surface area contributed by atoms with Crippen LogP contribution in [0.15, 0.2) is 0 Å². The molecule has 0 aromatic carbocycles. The predicted octanol–water partition coefficient (Wildman–Crippen LogP) is 0.0233. The quantitative estimate of drug-likeness (QED) is 0.328. The molecule has 1 aliphatic carbocycles. The highest BCUT2D eigenvalue weighted by Gasteiger charge is 2.70. The molecule has 2 heterocycles. The summed E-state index contributed by atoms with van der Waals surface area (Å²) in [6.07, 6.45) is -1.88. The number of nitrogens with two attached hydrogens (primary N) is 2. The van der Waals surface area contributed by atoms with Crippen molar-refractivity contribution in [1.82, 2.24) is 15.5 Å². The molecule has 12 nitrogen and oxygen atoms in total. The van der Waals surface area contributed by atoms with Gasteiger partial charge in [0, 0.05) is 19.0 Å². The molecule has 3 fully saturated rings. The fourth-order valence-corrected chi connectivity index (χ4v) is 5.92. The maximum Gasteiger partial charge on any atom is 0.405 e. The molecule has 7 atom stereocenters. The Balaban J connectivity index is 1.81. The average Bonchev–Trinajstić information content (AvgIpc) is 3.10. The standard InChI is InChI=1S/C25H41N5O7/c1-12(37-24(2,3)4)18(36-23(27)35)22(34)30-11-14-16(25(14,5)6)17(30)21(33)29-15(19(26)31)10-13-8-7-9-28-20(13)32/h12-18H,7-11H2,1-6H3,(H2,26,31)(H2,27,35)(H,28,32)(H,29,33)/t12-,13+,14+,15+,16+,17+,18+/m1/s1. The van der Waals surface area contributed by atoms with Crippen LogP contribution in [0.3, 0.4) is 0 Å². The number of rotatable bonds is 9. The first-order chi connectivity index (χ1) is 17.0. The number of fused-ring (bicyclic) bond motifs is 1. The Kier molecular flexibility index (Phi) is 8.11. The largest absolute Gasteiger partial charge is 0.433 e. The van der Waals surface area contributed by atoms with E-state index in [4.69, 9.17) is 20.9 Å². The smallest absolute Gasteiger partial charge is 0.405 e. The number of hydrogen-bond acceptors (Lipinski definition) is 7. The van der Waals surface area contributed by atoms with Crippen LogP contribution in [0.2, 0.25) is 0 Å². The molecule has 0 aromatic rings. The van der Waals surface area contributed by atoms with E-state index in [-0.39, 0.29) is 36.1 Å². The number of nitrogens with zero attached hydrogens (tertiary/aromatic N) is 1. The van der Waals surface area contributed by atoms with Gasteiger partial charge in [0.2, 0.25) is 23.8 Å². The molecule has 2 aliphatic heterocycles. The van der Waals surface area contributed by atoms with E-state index in [9.17, 15) is 24.0 Å². The minimum absolute atomic E-state index is 0.0522. The molecule has 0 unspecified atom stereocenters. The first kappa shape index (κ1) is 28.7. The van der Waals surface area contributed by atoms with Gasteiger partial charge in [-0.15, -0.1) is 0 Å². The van der Waals surface area contributed by atoms with Gasteiger partial charge in [0.05, 0.1) is 5.60 Å². The monoisotopic (exact) mass is 523 g/mol. The molecule has 6 N–H and O–H groups in total. The fraction of sp³-hybridized carbons (Fsp3) is 0.800. The van der Waals surface area contributed by atoms with Crippen LogP contribution in [-0.2, 0) is 28.7 Å². The predicted molar refractivity (Wildman–Crippen MR) is 132 cm³/mol. The summed E-state index contributed by atoms with van der Waals surface area (Å²) < 4.78 is 11.0. The molecular formula is C25H41N5O7. The lowest BCUT2D eigenvalue weighted by Gasteiger charge is -2.36. The van der Waals surface area contributed by atoms with Gasteiger partial charge < -0.3 is 36.5 Å². The maximum atomic E-state index is 13.7. The van der Waals surface area contributed by atoms with Crippen molar-refractivity contribution in [3.05, 3.63) is 0 Å². The Labute approximate surface area is 217 Å². The van der Waals surface area contributed by atoms with Crippen molar-refractivity contribution < 1.29 is 33.4 Å². The zero-order valence-electron chi connectivity index (χ0n) is 22.5. The van der Waals surface area contributed by atoms with Crippen LogP contribution in [0, 0.1) is 23.2 Å². The summed E-state index contributed by atoms with van der Waals surface area (Å²) in [6, 6.07) is -1.98. The van der Waals surface area contributed by atoms with Crippen molar-refractivity contribution in [3.8, 4) is 0 Å². The van der Waals surface area contributed by atoms with E-state index in [1.54, 1.807) is 27.7 Å². The molecule has 0 aromatic heterocycles. The van der Waals surface area contributed by atoms with Crippen molar-refractivity contribution in [1.29, 1.82) is 0 Å². The fourth-order valence-electron chi connectivity index (χ4n) is 5.92. The van der Waals surface area contributed by atoms with Gasteiger partial charge in [0.25, 0.3) is 5.91 Å². The van der Waals surface area contributed by atoms with Crippen molar-refractivity contribution in [2.45, 2.75) is 90.7 Å². The summed E-state index contributed by atoms with van der Waals surface area (Å²) >= 11 is 0. The van der Waals surface area contributed by atoms with Crippen molar-refractivity contribution in [2.24, 2.45) is 34.6 Å². The molecule has 37 heavy (non-hydrogen) atoms. The normalized spacial score (nSPS) is 28.8. The van der Waals surface area contributed by atoms with Crippen LogP contribution in [-0.4, -0.2) is 77.6 Å². The van der Waals surface area contributed by atoms with Crippen LogP contribution >= 0.6 is 0 Å². The number of carbonyl (C=O) groups is 5. The van der Waals surface area contributed by atoms with Gasteiger partial charge in [-0.05, 0) is 64.2 Å². The first-order valence-corrected chi connectivity index (χ1v) is 12.9. The number of piperidine rings is 2. The molecule has 0 radical (unpaired) electrons. The molecule has 208 valence electrons. The number of hydrogen-bond donors (Lipinski definition) is 4. The third-order valence-corrected chi connectivity index (χ3v) is 7.79. The van der Waals surface area contributed by atoms with Crippen molar-refractivity contribution in [2.75, 3.05) is 13.1 Å². The highest BCUT2D eigenvalue weighted by atomic mass is 16.6. The van der Waals surface area contributed by atoms with Crippen molar-refractivity contribution >= 4 is 29.7 Å². The van der Waals surface area contributed by atoms with Gasteiger partial charge in [0.15, 0.2) is 0 Å². The van der Waals surface area contributed by atoms with E-state index in [1.807, 2.05) is 13.8 Å². The lowest BCUT2D eigenvalue weighted by Crippen LogP contribution is -2.58. The van der Waals surface area contributed by atoms with E-state index >= 15 is 0 Å². The lowest BCUT2D eigenvalue weighted by molar-refractivity contribution is -0.160. The number of primary amides is 2. The topological polar surface area (TPSA) is 183 Å². The van der Waals surface area contributed by atoms with Crippen LogP contribution in [0.5, 0.6) is 0 Å². The Morgan fingerprint density at radius 3 is 2.41 bits per heavy atom. The van der Waals surface area contributed by atoms with Crippen LogP contribution in [0.4, 0.5) is 4.79 Å². The van der Waals surface area contributed by atoms with Gasteiger partial charge in [-0.1, -0.05) is 13.8 Å². The molecule has 5 amide bonds. The number of amides is 5. The molecule has 0 bridgehead atoms. The van der Waals surface area contributed by atoms with Crippen molar-refractivity contribution in [3.63, 3.8) is 0 Å². The summed E-state index contributed by atoms with van der Waals surface area (Å²) in [4.78, 5) is 64.7. The Bertz CT molecular complexity index is 946. The second-order valence-electron chi connectivity index (χ2n) is 12.0. The zero-order chi connectivity index (χ0) is 27.9. The maximum absolute atomic E-state index is 13.7. The summed E-state index contributed by atoms with van der Waals surface area (Å²) in [5, 5.41) is 5.47. The molecule has 12 heteroatoms. The van der Waals surface area contributed by atoms with Gasteiger partial charge in [0.1, 0.15) is 18.2 Å². The van der Waals surface area contributed by atoms with Gasteiger partial charge in [-0.3, -0.25) is 19.2 Å². The van der Waals surface area contributed by atoms with Crippen LogP contribution < -0.4 is 22.1 Å². The lowest BCUT2D eigenvalue weighted by atomic mass is 9.91. The third kappa shape index (κ3) is 6.34. The molecule has 0 spiro atoms. The van der Waals surface area contributed by atoms with E-state index < -0.39 is 59.6 Å². The number of ether oxygens (including phenoxy) is 2. The third-order valence-electron chi connectivity index (χ3n) is 7.79. The van der Waals surface area contributed by atoms with Gasteiger partial charge in [-0.2, -0.15) is 0 Å². The minimum Gasteiger partial charge on any atom is -0.433 e. The molecule has 3 rings (SSSR count). The van der Waals surface area contributed by atoms with Gasteiger partial charge in [-0.25, -0.2) is 4.79 Å². The summed E-state index contributed by atoms with van der Waals surface area (Å²) in [6.45, 7) is 11.9. The number of nitrogens with one attached hydrogen (secondary N) is 2. The Hall–Kier alpha value is -2.89. The number of carbonyl (C=O) groups excluding carboxylic acids is 5. The molecule has 1 saturated carbocycles. The molecule has 3 aliphatic rings. The second kappa shape index (κ2) is 10.5. The van der Waals surface area contributed by atoms with Crippen LogP contribution in [0.1, 0.15) is 60.8 Å². The highest BCUT2D eigenvalue weighted by Crippen LogP contribution is 2.65. The molecular weight excluding hydrogens is 482 g/mol. The van der Waals surface area contributed by atoms with E-state index in [0.29, 0.717) is 13.0 Å². The minimum atomic E-state index is -1.36. The second-order valence-corrected chi connectivity index (χ2v) is 12.0. The SMILES string of the molecule is C[C@@H](OC(C)(C)C)[C@H](OC(N)=O)C(=O)N1C[C@H]2[C@@H]([C@H]1C(=O)N[C@@H](C[C@@H]1CCCNC1=O)C(N)=O)C2(C)C. The van der Waals surface area contributed by atoms with Gasteiger partial charge >= 0.3 is 6.09 Å². The first-order valence-electron chi connectivity index (χ1n) is 12.9. The average molecular weight is 524 g/mol. The summed E-state index contributed by atoms with van der Waals surface area (Å²) in [5.74, 6) is -2.60.